The van der Waals surface area contributed by atoms with Crippen molar-refractivity contribution in [1.29, 1.82) is 0 Å². The van der Waals surface area contributed by atoms with Gasteiger partial charge in [-0.1, -0.05) is 0 Å². The van der Waals surface area contributed by atoms with E-state index in [0.29, 0.717) is 11.8 Å². The number of ether oxygens (including phenoxy) is 1. The summed E-state index contributed by atoms with van der Waals surface area (Å²) in [6.45, 7) is -0.192. The molecule has 0 radical (unpaired) electrons. The Bertz CT molecular complexity index is 635. The van der Waals surface area contributed by atoms with Crippen molar-refractivity contribution in [2.24, 2.45) is 0 Å². The predicted molar refractivity (Wildman–Crippen MR) is 68.6 cm³/mol. The van der Waals surface area contributed by atoms with E-state index >= 15 is 0 Å². The van der Waals surface area contributed by atoms with Crippen molar-refractivity contribution in [2.75, 3.05) is 7.11 Å². The lowest BCUT2D eigenvalue weighted by molar-refractivity contribution is -0.147. The van der Waals surface area contributed by atoms with Gasteiger partial charge in [0, 0.05) is 0 Å². The van der Waals surface area contributed by atoms with Crippen molar-refractivity contribution >= 4 is 17.6 Å². The number of rotatable bonds is 5. The number of nitrogens with zero attached hydrogens (tertiary/aromatic N) is 2. The lowest BCUT2D eigenvalue weighted by Gasteiger charge is -2.18. The number of aromatic nitrogens is 2. The lowest BCUT2D eigenvalue weighted by atomic mass is 10.1. The average Bonchev–Trinajstić information content (AvgIpc) is 2.97. The molecule has 0 unspecified atom stereocenters. The van der Waals surface area contributed by atoms with Crippen LogP contribution in [0.2, 0.25) is 0 Å². The summed E-state index contributed by atoms with van der Waals surface area (Å²) >= 11 is 0.895. The van der Waals surface area contributed by atoms with Crippen LogP contribution in [0, 0.1) is 5.82 Å². The van der Waals surface area contributed by atoms with E-state index in [1.54, 1.807) is 0 Å². The molecule has 1 aromatic heterocycles. The lowest BCUT2D eigenvalue weighted by Crippen LogP contribution is -2.38. The summed E-state index contributed by atoms with van der Waals surface area (Å²) in [5.74, 6) is -6.66. The third kappa shape index (κ3) is 3.30. The fourth-order valence-corrected chi connectivity index (χ4v) is 2.02. The summed E-state index contributed by atoms with van der Waals surface area (Å²) in [5.41, 5.74) is -0.478. The molecule has 21 heavy (non-hydrogen) atoms. The minimum absolute atomic E-state index is 0.192. The monoisotopic (exact) mass is 317 g/mol. The molecule has 0 spiro atoms. The van der Waals surface area contributed by atoms with E-state index in [-0.39, 0.29) is 12.3 Å². The smallest absolute Gasteiger partial charge is 0.353 e. The number of alkyl halides is 2. The molecule has 5 nitrogen and oxygen atoms in total. The summed E-state index contributed by atoms with van der Waals surface area (Å²) < 4.78 is 53.6. The second-order valence-corrected chi connectivity index (χ2v) is 4.56. The topological polar surface area (TPSA) is 64.1 Å². The van der Waals surface area contributed by atoms with E-state index in [2.05, 4.69) is 8.75 Å². The quantitative estimate of drug-likeness (QED) is 0.917. The van der Waals surface area contributed by atoms with Crippen molar-refractivity contribution in [2.45, 2.75) is 12.5 Å². The highest BCUT2D eigenvalue weighted by Crippen LogP contribution is 2.35. The van der Waals surface area contributed by atoms with Crippen LogP contribution in [-0.4, -0.2) is 21.8 Å². The van der Waals surface area contributed by atoms with Crippen LogP contribution in [0.5, 0.6) is 5.75 Å². The standard InChI is InChI=1S/C12H10F3N3O2S/c1-20-10-3-2-7(13)4-9(10)12(14,15)11(19)16-5-8-6-17-21-18-8/h2-4,6H,5H2,1H3,(H,16,19). The molecule has 0 atom stereocenters. The molecule has 0 saturated heterocycles. The number of amides is 1. The number of nitrogens with one attached hydrogen (secondary N) is 1. The third-order valence-corrected chi connectivity index (χ3v) is 3.14. The first-order valence-corrected chi connectivity index (χ1v) is 6.44. The zero-order valence-electron chi connectivity index (χ0n) is 10.8. The van der Waals surface area contributed by atoms with Crippen molar-refractivity contribution < 1.29 is 22.7 Å². The number of benzene rings is 1. The minimum atomic E-state index is -3.93. The highest BCUT2D eigenvalue weighted by Gasteiger charge is 2.43. The summed E-state index contributed by atoms with van der Waals surface area (Å²) in [6, 6.07) is 2.58. The Labute approximate surface area is 122 Å². The number of hydrogen-bond donors (Lipinski definition) is 1. The van der Waals surface area contributed by atoms with Crippen molar-refractivity contribution in [3.8, 4) is 5.75 Å². The Morgan fingerprint density at radius 3 is 2.86 bits per heavy atom. The van der Waals surface area contributed by atoms with E-state index in [1.165, 1.54) is 6.20 Å². The van der Waals surface area contributed by atoms with Gasteiger partial charge in [0.05, 0.1) is 42.8 Å². The molecule has 2 rings (SSSR count). The maximum absolute atomic E-state index is 14.1. The van der Waals surface area contributed by atoms with E-state index in [0.717, 1.165) is 31.0 Å². The van der Waals surface area contributed by atoms with E-state index in [1.807, 2.05) is 5.32 Å². The second-order valence-electron chi connectivity index (χ2n) is 4.00. The van der Waals surface area contributed by atoms with Crippen molar-refractivity contribution in [1.82, 2.24) is 14.1 Å². The fourth-order valence-electron chi connectivity index (χ4n) is 1.59. The first-order valence-electron chi connectivity index (χ1n) is 5.71. The highest BCUT2D eigenvalue weighted by molar-refractivity contribution is 6.99. The Balaban J connectivity index is 2.20. The fraction of sp³-hybridized carbons (Fsp3) is 0.250. The first-order chi connectivity index (χ1) is 9.95. The zero-order valence-corrected chi connectivity index (χ0v) is 11.6. The molecule has 2 aromatic rings. The molecule has 0 aliphatic carbocycles. The summed E-state index contributed by atoms with van der Waals surface area (Å²) in [7, 11) is 1.16. The number of methoxy groups -OCH3 is 1. The first kappa shape index (κ1) is 15.2. The van der Waals surface area contributed by atoms with Gasteiger partial charge in [-0.25, -0.2) is 4.39 Å². The molecular formula is C12H10F3N3O2S. The number of hydrogen-bond acceptors (Lipinski definition) is 5. The summed E-state index contributed by atoms with van der Waals surface area (Å²) in [6.07, 6.45) is 1.35. The number of halogens is 3. The Kier molecular flexibility index (Phi) is 4.41. The van der Waals surface area contributed by atoms with Crippen LogP contribution >= 0.6 is 11.7 Å². The largest absolute Gasteiger partial charge is 0.496 e. The van der Waals surface area contributed by atoms with Gasteiger partial charge in [0.15, 0.2) is 0 Å². The van der Waals surface area contributed by atoms with Crippen LogP contribution < -0.4 is 10.1 Å². The van der Waals surface area contributed by atoms with Crippen LogP contribution in [0.1, 0.15) is 11.3 Å². The molecule has 1 aromatic carbocycles. The Hall–Kier alpha value is -2.16. The maximum atomic E-state index is 14.1. The van der Waals surface area contributed by atoms with Gasteiger partial charge in [-0.3, -0.25) is 4.79 Å². The van der Waals surface area contributed by atoms with E-state index in [4.69, 9.17) is 4.74 Å². The van der Waals surface area contributed by atoms with Gasteiger partial charge < -0.3 is 10.1 Å². The van der Waals surface area contributed by atoms with Gasteiger partial charge >= 0.3 is 5.92 Å². The average molecular weight is 317 g/mol. The van der Waals surface area contributed by atoms with Gasteiger partial charge in [0.2, 0.25) is 0 Å². The van der Waals surface area contributed by atoms with E-state index < -0.39 is 23.2 Å². The highest BCUT2D eigenvalue weighted by atomic mass is 32.1. The van der Waals surface area contributed by atoms with Gasteiger partial charge in [-0.15, -0.1) is 0 Å². The van der Waals surface area contributed by atoms with Crippen LogP contribution in [-0.2, 0) is 17.3 Å². The molecule has 0 saturated carbocycles. The molecule has 0 fully saturated rings. The van der Waals surface area contributed by atoms with Gasteiger partial charge in [-0.2, -0.15) is 17.5 Å². The van der Waals surface area contributed by atoms with Gasteiger partial charge in [0.25, 0.3) is 5.91 Å². The Morgan fingerprint density at radius 1 is 1.48 bits per heavy atom. The van der Waals surface area contributed by atoms with E-state index in [9.17, 15) is 18.0 Å². The van der Waals surface area contributed by atoms with Gasteiger partial charge in [-0.05, 0) is 18.2 Å². The predicted octanol–water partition coefficient (Wildman–Crippen LogP) is 2.09. The van der Waals surface area contributed by atoms with Gasteiger partial charge in [0.1, 0.15) is 11.6 Å². The van der Waals surface area contributed by atoms with Crippen LogP contribution in [0.15, 0.2) is 24.4 Å². The van der Waals surface area contributed by atoms with Crippen LogP contribution in [0.3, 0.4) is 0 Å². The Morgan fingerprint density at radius 2 is 2.24 bits per heavy atom. The van der Waals surface area contributed by atoms with Crippen LogP contribution in [0.25, 0.3) is 0 Å². The van der Waals surface area contributed by atoms with Crippen LogP contribution in [0.4, 0.5) is 13.2 Å². The SMILES string of the molecule is COc1ccc(F)cc1C(F)(F)C(=O)NCc1cnsn1. The molecule has 1 heterocycles. The normalized spacial score (nSPS) is 11.2. The molecular weight excluding hydrogens is 307 g/mol. The molecule has 1 amide bonds. The molecule has 0 aliphatic rings. The van der Waals surface area contributed by atoms with Crippen molar-refractivity contribution in [3.05, 3.63) is 41.5 Å². The second kappa shape index (κ2) is 6.08. The third-order valence-electron chi connectivity index (χ3n) is 2.62. The number of carbonyl (C=O) groups is 1. The molecule has 112 valence electrons. The maximum Gasteiger partial charge on any atom is 0.353 e. The zero-order chi connectivity index (χ0) is 15.5. The molecule has 1 N–H and O–H groups in total. The minimum Gasteiger partial charge on any atom is -0.496 e. The summed E-state index contributed by atoms with van der Waals surface area (Å²) in [4.78, 5) is 11.7. The molecule has 9 heteroatoms. The molecule has 0 bridgehead atoms. The van der Waals surface area contributed by atoms with Crippen molar-refractivity contribution in [3.63, 3.8) is 0 Å². The molecule has 0 aliphatic heterocycles. The number of carbonyl (C=O) groups excluding carboxylic acids is 1. The summed E-state index contributed by atoms with van der Waals surface area (Å²) in [5, 5.41) is 2.03.